The summed E-state index contributed by atoms with van der Waals surface area (Å²) in [4.78, 5) is 33.5. The molecule has 7 nitrogen and oxygen atoms in total. The Morgan fingerprint density at radius 3 is 2.74 bits per heavy atom. The maximum absolute atomic E-state index is 13.1. The Morgan fingerprint density at radius 1 is 1.35 bits per heavy atom. The minimum Gasteiger partial charge on any atom is -0.383 e. The van der Waals surface area contributed by atoms with Crippen molar-refractivity contribution in [3.8, 4) is 11.1 Å². The molecule has 2 N–H and O–H groups in total. The van der Waals surface area contributed by atoms with Gasteiger partial charge in [0.25, 0.3) is 5.56 Å². The number of rotatable bonds is 5. The molecule has 1 saturated carbocycles. The molecule has 3 atom stereocenters. The lowest BCUT2D eigenvalue weighted by molar-refractivity contribution is -0.117. The van der Waals surface area contributed by atoms with Crippen molar-refractivity contribution in [1.29, 1.82) is 0 Å². The number of fused-ring (bicyclic) bond motifs is 1. The van der Waals surface area contributed by atoms with Gasteiger partial charge in [-0.05, 0) is 38.0 Å². The summed E-state index contributed by atoms with van der Waals surface area (Å²) in [5.74, 6) is -0.795. The molecule has 0 radical (unpaired) electrons. The van der Waals surface area contributed by atoms with E-state index in [1.807, 2.05) is 0 Å². The number of carbonyl (C=O) groups is 1. The quantitative estimate of drug-likeness (QED) is 0.614. The molecule has 0 spiro atoms. The number of aromatic nitrogens is 3. The Labute approximate surface area is 179 Å². The Bertz CT molecular complexity index is 1320. The van der Waals surface area contributed by atoms with E-state index in [1.165, 1.54) is 16.8 Å². The number of aliphatic hydroxyl groups is 1. The number of alkyl halides is 1. The molecule has 1 amide bonds. The maximum atomic E-state index is 13.1. The second kappa shape index (κ2) is 8.03. The summed E-state index contributed by atoms with van der Waals surface area (Å²) < 4.78 is 22.6. The van der Waals surface area contributed by atoms with Crippen molar-refractivity contribution in [2.24, 2.45) is 13.0 Å². The normalized spacial score (nSPS) is 20.5. The minimum atomic E-state index is -1.96. The van der Waals surface area contributed by atoms with Crippen molar-refractivity contribution >= 4 is 22.6 Å². The molecule has 1 fully saturated rings. The van der Waals surface area contributed by atoms with Gasteiger partial charge in [0.05, 0.1) is 18.5 Å². The van der Waals surface area contributed by atoms with Gasteiger partial charge in [-0.2, -0.15) is 0 Å². The van der Waals surface area contributed by atoms with Crippen LogP contribution in [-0.4, -0.2) is 31.7 Å². The van der Waals surface area contributed by atoms with Gasteiger partial charge in [-0.3, -0.25) is 14.6 Å². The predicted molar refractivity (Wildman–Crippen MR) is 116 cm³/mol. The summed E-state index contributed by atoms with van der Waals surface area (Å²) in [5, 5.41) is 13.5. The van der Waals surface area contributed by atoms with Crippen molar-refractivity contribution in [3.05, 3.63) is 64.4 Å². The highest BCUT2D eigenvalue weighted by molar-refractivity contribution is 5.95. The van der Waals surface area contributed by atoms with Crippen LogP contribution in [-0.2, 0) is 11.8 Å². The van der Waals surface area contributed by atoms with E-state index in [1.54, 1.807) is 51.4 Å². The van der Waals surface area contributed by atoms with Gasteiger partial charge >= 0.3 is 0 Å². The first-order chi connectivity index (χ1) is 15.1. The van der Waals surface area contributed by atoms with Gasteiger partial charge in [0.2, 0.25) is 5.91 Å². The Kier molecular flexibility index (Phi) is 5.07. The van der Waals surface area contributed by atoms with E-state index >= 15 is 0 Å². The Balaban J connectivity index is 1.73. The van der Waals surface area contributed by atoms with Crippen LogP contribution < -0.4 is 10.9 Å². The molecule has 4 rings (SSSR count). The van der Waals surface area contributed by atoms with Gasteiger partial charge in [-0.15, -0.1) is 0 Å². The van der Waals surface area contributed by atoms with Crippen LogP contribution in [0.3, 0.4) is 0 Å². The average Bonchev–Trinajstić information content (AvgIpc) is 3.48. The van der Waals surface area contributed by atoms with Gasteiger partial charge in [0.1, 0.15) is 18.1 Å². The molecule has 1 aliphatic carbocycles. The summed E-state index contributed by atoms with van der Waals surface area (Å²) >= 11 is 0. The molecule has 0 unspecified atom stereocenters. The monoisotopic (exact) mass is 423 g/mol. The van der Waals surface area contributed by atoms with Gasteiger partial charge in [0, 0.05) is 42.0 Å². The fourth-order valence-electron chi connectivity index (χ4n) is 3.50. The lowest BCUT2D eigenvalue weighted by Gasteiger charge is -2.13. The molecular weight excluding hydrogens is 399 g/mol. The molecule has 160 valence electrons. The van der Waals surface area contributed by atoms with E-state index < -0.39 is 24.1 Å². The number of carbonyl (C=O) groups excluding carboxylic acids is 1. The second-order valence-corrected chi connectivity index (χ2v) is 7.67. The molecule has 3 aromatic heterocycles. The third-order valence-electron chi connectivity index (χ3n) is 5.40. The molecule has 0 aromatic carbocycles. The number of amides is 1. The summed E-state index contributed by atoms with van der Waals surface area (Å²) in [6.45, 7) is 3.48. The molecule has 0 aliphatic heterocycles. The van der Waals surface area contributed by atoms with Crippen LogP contribution in [0.15, 0.2) is 47.5 Å². The van der Waals surface area contributed by atoms with E-state index in [0.717, 1.165) is 0 Å². The van der Waals surface area contributed by atoms with Crippen LogP contribution in [0.4, 0.5) is 10.2 Å². The Hall–Kier alpha value is -3.39. The van der Waals surface area contributed by atoms with E-state index in [0.29, 0.717) is 27.6 Å². The number of hydrogen-bond acceptors (Lipinski definition) is 5. The topological polar surface area (TPSA) is 97.1 Å². The van der Waals surface area contributed by atoms with Crippen molar-refractivity contribution in [2.75, 3.05) is 5.32 Å². The van der Waals surface area contributed by atoms with Crippen molar-refractivity contribution in [2.45, 2.75) is 32.5 Å². The molecule has 0 saturated heterocycles. The van der Waals surface area contributed by atoms with Gasteiger partial charge in [0.15, 0.2) is 0 Å². The zero-order valence-corrected chi connectivity index (χ0v) is 17.4. The first kappa shape index (κ1) is 19.6. The highest BCUT2D eigenvalue weighted by atomic mass is 19.1. The van der Waals surface area contributed by atoms with Gasteiger partial charge in [-0.1, -0.05) is 12.2 Å². The number of hydrogen-bond donors (Lipinski definition) is 2. The van der Waals surface area contributed by atoms with E-state index in [9.17, 15) is 19.1 Å². The fourth-order valence-corrected chi connectivity index (χ4v) is 3.50. The molecular formula is C23H23FN4O3. The van der Waals surface area contributed by atoms with Crippen LogP contribution in [0.25, 0.3) is 22.0 Å². The molecule has 3 heterocycles. The summed E-state index contributed by atoms with van der Waals surface area (Å²) in [6, 6.07) is 4.86. The van der Waals surface area contributed by atoms with Crippen LogP contribution in [0, 0.1) is 12.8 Å². The highest BCUT2D eigenvalue weighted by Gasteiger charge is 2.43. The predicted octanol–water partition coefficient (Wildman–Crippen LogP) is 3.21. The number of aryl methyl sites for hydroxylation is 2. The molecule has 31 heavy (non-hydrogen) atoms. The van der Waals surface area contributed by atoms with E-state index in [2.05, 4.69) is 15.3 Å². The third-order valence-corrected chi connectivity index (χ3v) is 5.40. The lowest BCUT2D eigenvalue weighted by atomic mass is 10.0. The smallest absolute Gasteiger partial charge is 0.258 e. The van der Waals surface area contributed by atoms with Crippen molar-refractivity contribution < 1.29 is 15.7 Å². The third kappa shape index (κ3) is 3.98. The Morgan fingerprint density at radius 2 is 2.10 bits per heavy atom. The number of pyridine rings is 3. The zero-order valence-electron chi connectivity index (χ0n) is 18.4. The standard InChI is InChI=1S/C23H23FN4O3/c1-4-5-20(29)18-6-12(2)16(11-25-18)14-7-13-10-26-21(9-19(13)28(3)23(14)31)27-22(30)15-8-17(15)24/h4-7,9-11,15,17,20,29H,8H2,1-3H3,(H,26,27,30)/b5-4-/t15-,17+,20-/m0/s1/i20D. The number of nitrogens with zero attached hydrogens (tertiary/aromatic N) is 3. The average molecular weight is 423 g/mol. The summed E-state index contributed by atoms with van der Waals surface area (Å²) in [5.41, 5.74) is 2.10. The van der Waals surface area contributed by atoms with Gasteiger partial charge < -0.3 is 15.0 Å². The lowest BCUT2D eigenvalue weighted by Crippen LogP contribution is -2.20. The van der Waals surface area contributed by atoms with Crippen LogP contribution in [0.1, 0.15) is 32.1 Å². The highest BCUT2D eigenvalue weighted by Crippen LogP contribution is 2.34. The largest absolute Gasteiger partial charge is 0.383 e. The molecule has 8 heteroatoms. The number of anilines is 1. The fraction of sp³-hybridized carbons (Fsp3) is 0.304. The molecule has 3 aromatic rings. The van der Waals surface area contributed by atoms with Crippen molar-refractivity contribution in [3.63, 3.8) is 0 Å². The number of halogens is 1. The number of allylic oxidation sites excluding steroid dienone is 1. The van der Waals surface area contributed by atoms with Crippen LogP contribution in [0.2, 0.25) is 0 Å². The minimum absolute atomic E-state index is 0.155. The summed E-state index contributed by atoms with van der Waals surface area (Å²) in [6.07, 6.45) is 3.07. The SMILES string of the molecule is [2H][C@](O)(/C=C\C)c1cc(C)c(-c2cc3cnc(NC(=O)[C@H]4C[C@H]4F)cc3n(C)c2=O)cn1. The first-order valence-electron chi connectivity index (χ1n) is 10.4. The summed E-state index contributed by atoms with van der Waals surface area (Å²) in [7, 11) is 1.62. The second-order valence-electron chi connectivity index (χ2n) is 7.67. The maximum Gasteiger partial charge on any atom is 0.258 e. The van der Waals surface area contributed by atoms with Crippen LogP contribution in [0.5, 0.6) is 0 Å². The first-order valence-corrected chi connectivity index (χ1v) is 9.91. The van der Waals surface area contributed by atoms with Crippen molar-refractivity contribution in [1.82, 2.24) is 14.5 Å². The van der Waals surface area contributed by atoms with E-state index in [-0.39, 0.29) is 23.5 Å². The van der Waals surface area contributed by atoms with Crippen LogP contribution >= 0.6 is 0 Å². The van der Waals surface area contributed by atoms with E-state index in [4.69, 9.17) is 1.37 Å². The zero-order chi connectivity index (χ0) is 23.2. The number of nitrogens with one attached hydrogen (secondary N) is 1. The van der Waals surface area contributed by atoms with Gasteiger partial charge in [-0.25, -0.2) is 9.37 Å². The molecule has 0 bridgehead atoms. The molecule has 1 aliphatic rings.